The Bertz CT molecular complexity index is 985. The van der Waals surface area contributed by atoms with Crippen molar-refractivity contribution in [2.75, 3.05) is 23.7 Å². The fourth-order valence-electron chi connectivity index (χ4n) is 4.56. The number of hydrogen-bond donors (Lipinski definition) is 2. The molecule has 7 heteroatoms. The van der Waals surface area contributed by atoms with Crippen molar-refractivity contribution in [3.05, 3.63) is 48.4 Å². The fraction of sp³-hybridized carbons (Fsp3) is 0.350. The number of aromatic nitrogens is 3. The van der Waals surface area contributed by atoms with Crippen molar-refractivity contribution in [2.45, 2.75) is 31.3 Å². The molecule has 3 N–H and O–H groups in total. The maximum Gasteiger partial charge on any atom is 0.227 e. The van der Waals surface area contributed by atoms with E-state index in [0.29, 0.717) is 12.1 Å². The Morgan fingerprint density at radius 3 is 2.78 bits per heavy atom. The number of aromatic amines is 1. The van der Waals surface area contributed by atoms with Crippen molar-refractivity contribution >= 4 is 28.4 Å². The number of carbonyl (C=O) groups is 1. The Balaban J connectivity index is 1.36. The number of fused-ring (bicyclic) bond motifs is 3. The molecule has 2 aliphatic heterocycles. The van der Waals surface area contributed by atoms with Crippen molar-refractivity contribution in [2.24, 2.45) is 0 Å². The van der Waals surface area contributed by atoms with Gasteiger partial charge in [0.2, 0.25) is 5.91 Å². The second kappa shape index (κ2) is 6.26. The minimum Gasteiger partial charge on any atom is -0.399 e. The summed E-state index contributed by atoms with van der Waals surface area (Å²) < 4.78 is 0. The molecular formula is C20H22N6O. The van der Waals surface area contributed by atoms with Crippen LogP contribution in [0.3, 0.4) is 0 Å². The monoisotopic (exact) mass is 362 g/mol. The van der Waals surface area contributed by atoms with Crippen LogP contribution in [-0.4, -0.2) is 50.9 Å². The van der Waals surface area contributed by atoms with Crippen LogP contribution in [0.1, 0.15) is 18.4 Å². The second-order valence-electron chi connectivity index (χ2n) is 7.45. The topological polar surface area (TPSA) is 91.1 Å². The fourth-order valence-corrected chi connectivity index (χ4v) is 4.56. The molecule has 2 aliphatic rings. The third-order valence-corrected chi connectivity index (χ3v) is 5.71. The zero-order valence-corrected chi connectivity index (χ0v) is 15.0. The first kappa shape index (κ1) is 16.1. The molecule has 1 aromatic carbocycles. The number of anilines is 2. The number of piperazine rings is 1. The zero-order chi connectivity index (χ0) is 18.4. The molecule has 2 aromatic heterocycles. The van der Waals surface area contributed by atoms with Gasteiger partial charge in [0.15, 0.2) is 0 Å². The van der Waals surface area contributed by atoms with Crippen molar-refractivity contribution in [3.63, 3.8) is 0 Å². The van der Waals surface area contributed by atoms with Gasteiger partial charge in [-0.1, -0.05) is 12.1 Å². The number of nitrogens with zero attached hydrogens (tertiary/aromatic N) is 4. The Morgan fingerprint density at radius 1 is 1.19 bits per heavy atom. The highest BCUT2D eigenvalue weighted by Gasteiger charge is 2.42. The second-order valence-corrected chi connectivity index (χ2v) is 7.45. The van der Waals surface area contributed by atoms with Gasteiger partial charge in [-0.2, -0.15) is 0 Å². The van der Waals surface area contributed by atoms with Crippen LogP contribution in [0, 0.1) is 0 Å². The summed E-state index contributed by atoms with van der Waals surface area (Å²) in [6, 6.07) is 10.1. The van der Waals surface area contributed by atoms with Crippen LogP contribution in [0.15, 0.2) is 42.9 Å². The summed E-state index contributed by atoms with van der Waals surface area (Å²) in [5.74, 6) is 1.16. The smallest absolute Gasteiger partial charge is 0.227 e. The highest BCUT2D eigenvalue weighted by atomic mass is 16.2. The first-order chi connectivity index (χ1) is 13.2. The summed E-state index contributed by atoms with van der Waals surface area (Å²) in [5, 5.41) is 1.04. The van der Waals surface area contributed by atoms with Gasteiger partial charge in [0, 0.05) is 37.1 Å². The summed E-state index contributed by atoms with van der Waals surface area (Å²) in [4.78, 5) is 29.4. The largest absolute Gasteiger partial charge is 0.399 e. The average molecular weight is 362 g/mol. The van der Waals surface area contributed by atoms with E-state index in [-0.39, 0.29) is 18.0 Å². The van der Waals surface area contributed by atoms with E-state index in [1.807, 2.05) is 36.5 Å². The molecule has 0 spiro atoms. The van der Waals surface area contributed by atoms with Crippen LogP contribution >= 0.6 is 0 Å². The van der Waals surface area contributed by atoms with Gasteiger partial charge in [0.1, 0.15) is 17.8 Å². The molecule has 2 fully saturated rings. The minimum atomic E-state index is 0.197. The van der Waals surface area contributed by atoms with E-state index in [9.17, 15) is 4.79 Å². The van der Waals surface area contributed by atoms with E-state index in [1.165, 1.54) is 0 Å². The van der Waals surface area contributed by atoms with Crippen molar-refractivity contribution < 1.29 is 4.79 Å². The average Bonchev–Trinajstić information content (AvgIpc) is 3.24. The molecule has 3 aromatic rings. The van der Waals surface area contributed by atoms with Crippen molar-refractivity contribution in [1.82, 2.24) is 19.9 Å². The first-order valence-electron chi connectivity index (χ1n) is 9.37. The van der Waals surface area contributed by atoms with Crippen LogP contribution in [0.4, 0.5) is 11.5 Å². The van der Waals surface area contributed by atoms with Crippen molar-refractivity contribution in [3.8, 4) is 0 Å². The lowest BCUT2D eigenvalue weighted by molar-refractivity contribution is -0.133. The van der Waals surface area contributed by atoms with Gasteiger partial charge < -0.3 is 20.5 Å². The number of hydrogen-bond acceptors (Lipinski definition) is 5. The Labute approximate surface area is 157 Å². The van der Waals surface area contributed by atoms with Crippen LogP contribution in [0.25, 0.3) is 11.0 Å². The van der Waals surface area contributed by atoms with Crippen LogP contribution < -0.4 is 10.6 Å². The minimum absolute atomic E-state index is 0.197. The van der Waals surface area contributed by atoms with Gasteiger partial charge in [-0.25, -0.2) is 9.97 Å². The maximum atomic E-state index is 13.0. The lowest BCUT2D eigenvalue weighted by Gasteiger charge is -2.41. The van der Waals surface area contributed by atoms with Crippen LogP contribution in [0.5, 0.6) is 0 Å². The number of nitrogens with two attached hydrogens (primary N) is 1. The van der Waals surface area contributed by atoms with E-state index in [1.54, 1.807) is 6.33 Å². The van der Waals surface area contributed by atoms with Gasteiger partial charge in [-0.3, -0.25) is 4.79 Å². The molecule has 5 rings (SSSR count). The number of benzene rings is 1. The Kier molecular flexibility index (Phi) is 3.74. The van der Waals surface area contributed by atoms with E-state index < -0.39 is 0 Å². The predicted molar refractivity (Wildman–Crippen MR) is 104 cm³/mol. The van der Waals surface area contributed by atoms with E-state index in [0.717, 1.165) is 48.3 Å². The molecule has 2 atom stereocenters. The molecular weight excluding hydrogens is 340 g/mol. The van der Waals surface area contributed by atoms with Gasteiger partial charge in [-0.05, 0) is 36.6 Å². The number of H-pyrrole nitrogens is 1. The third kappa shape index (κ3) is 2.79. The molecule has 138 valence electrons. The summed E-state index contributed by atoms with van der Waals surface area (Å²) in [6.07, 6.45) is 6.00. The molecule has 27 heavy (non-hydrogen) atoms. The predicted octanol–water partition coefficient (Wildman–Crippen LogP) is 1.96. The molecule has 0 saturated carbocycles. The summed E-state index contributed by atoms with van der Waals surface area (Å²) in [7, 11) is 0. The molecule has 7 nitrogen and oxygen atoms in total. The summed E-state index contributed by atoms with van der Waals surface area (Å²) in [5.41, 5.74) is 8.39. The van der Waals surface area contributed by atoms with E-state index >= 15 is 0 Å². The van der Waals surface area contributed by atoms with Crippen LogP contribution in [-0.2, 0) is 11.2 Å². The highest BCUT2D eigenvalue weighted by Crippen LogP contribution is 2.34. The maximum absolute atomic E-state index is 13.0. The Hall–Kier alpha value is -3.09. The molecule has 2 bridgehead atoms. The SMILES string of the molecule is Nc1cccc(CC(=O)N2C3CC[C@@H]2CN(c2ncnc4[nH]ccc24)C3)c1. The number of nitrogens with one attached hydrogen (secondary N) is 1. The molecule has 0 radical (unpaired) electrons. The number of rotatable bonds is 3. The van der Waals surface area contributed by atoms with Gasteiger partial charge in [-0.15, -0.1) is 0 Å². The quantitative estimate of drug-likeness (QED) is 0.695. The van der Waals surface area contributed by atoms with Gasteiger partial charge in [0.05, 0.1) is 11.8 Å². The molecule has 1 amide bonds. The molecule has 4 heterocycles. The Morgan fingerprint density at radius 2 is 2.00 bits per heavy atom. The van der Waals surface area contributed by atoms with Gasteiger partial charge >= 0.3 is 0 Å². The van der Waals surface area contributed by atoms with E-state index in [4.69, 9.17) is 5.73 Å². The third-order valence-electron chi connectivity index (χ3n) is 5.71. The van der Waals surface area contributed by atoms with Crippen molar-refractivity contribution in [1.29, 1.82) is 0 Å². The highest BCUT2D eigenvalue weighted by molar-refractivity contribution is 5.87. The first-order valence-corrected chi connectivity index (χ1v) is 9.37. The van der Waals surface area contributed by atoms with E-state index in [2.05, 4.69) is 24.8 Å². The normalized spacial score (nSPS) is 21.8. The number of amides is 1. The molecule has 0 aliphatic carbocycles. The van der Waals surface area contributed by atoms with Crippen LogP contribution in [0.2, 0.25) is 0 Å². The number of carbonyl (C=O) groups excluding carboxylic acids is 1. The summed E-state index contributed by atoms with van der Waals surface area (Å²) in [6.45, 7) is 1.63. The van der Waals surface area contributed by atoms with Gasteiger partial charge in [0.25, 0.3) is 0 Å². The molecule has 1 unspecified atom stereocenters. The summed E-state index contributed by atoms with van der Waals surface area (Å²) >= 11 is 0. The zero-order valence-electron chi connectivity index (χ0n) is 15.0. The number of nitrogen functional groups attached to an aromatic ring is 1. The standard InChI is InChI=1S/C20H22N6O/c21-14-3-1-2-13(8-14)9-18(27)26-15-4-5-16(26)11-25(10-15)20-17-6-7-22-19(17)23-12-24-20/h1-3,6-8,12,15-16H,4-5,9-11,21H2,(H,22,23,24)/t15-,16?/m1/s1. The lowest BCUT2D eigenvalue weighted by atomic mass is 10.1. The lowest BCUT2D eigenvalue weighted by Crippen LogP contribution is -2.56. The molecule has 2 saturated heterocycles.